The third-order valence-corrected chi connectivity index (χ3v) is 11.8. The molecule has 1 atom stereocenters. The maximum Gasteiger partial charge on any atom is 0.306 e. The van der Waals surface area contributed by atoms with Gasteiger partial charge in [0.2, 0.25) is 0 Å². The molecule has 0 amide bonds. The van der Waals surface area contributed by atoms with Gasteiger partial charge in [-0.15, -0.1) is 0 Å². The van der Waals surface area contributed by atoms with Crippen LogP contribution >= 0.6 is 0 Å². The Bertz CT molecular complexity index is 1030. The summed E-state index contributed by atoms with van der Waals surface area (Å²) in [6.07, 6.45) is 65.5. The number of unbranched alkanes of at least 4 members (excludes halogenated alkanes) is 31. The Labute approximate surface area is 386 Å². The van der Waals surface area contributed by atoms with E-state index in [0.29, 0.717) is 19.4 Å². The number of ether oxygens (including phenoxy) is 3. The Morgan fingerprint density at radius 3 is 1.16 bits per heavy atom. The van der Waals surface area contributed by atoms with Crippen LogP contribution in [0.4, 0.5) is 0 Å². The lowest BCUT2D eigenvalue weighted by Crippen LogP contribution is -2.30. The average molecular weight is 869 g/mol. The van der Waals surface area contributed by atoms with Crippen molar-refractivity contribution in [2.45, 2.75) is 284 Å². The first-order chi connectivity index (χ1) is 30.6. The standard InChI is InChI=1S/C57H104O5/c1-4-7-10-13-16-19-22-25-28-31-34-37-40-43-46-49-52-60-53-55(62-57(59)51-48-45-42-39-36-33-30-27-24-21-18-15-12-9-6-3)54-61-56(58)50-47-44-41-38-35-32-29-26-23-20-17-14-11-8-5-2/h18,21,26-27,29-30,36,39,55H,4-17,19-20,22-25,28,31-35,37-38,40-54H2,1-3H3/b21-18-,29-26-,30-27-,39-36-/t55-/m1/s1. The molecule has 362 valence electrons. The minimum atomic E-state index is -0.556. The number of carbonyl (C=O) groups excluding carboxylic acids is 2. The van der Waals surface area contributed by atoms with Crippen molar-refractivity contribution in [3.8, 4) is 0 Å². The summed E-state index contributed by atoms with van der Waals surface area (Å²) in [7, 11) is 0. The molecule has 0 aromatic heterocycles. The topological polar surface area (TPSA) is 61.8 Å². The van der Waals surface area contributed by atoms with E-state index in [-0.39, 0.29) is 25.2 Å². The predicted molar refractivity (Wildman–Crippen MR) is 270 cm³/mol. The van der Waals surface area contributed by atoms with Gasteiger partial charge in [-0.3, -0.25) is 9.59 Å². The van der Waals surface area contributed by atoms with Crippen LogP contribution in [0.15, 0.2) is 48.6 Å². The summed E-state index contributed by atoms with van der Waals surface area (Å²) in [5.74, 6) is -0.439. The SMILES string of the molecule is CCCCC/C=C\C/C=C\C/C=C\CCCCC(=O)O[C@H](COCCCCCCCCCCCCCCCCCC)COC(=O)CCCCCCC/C=C\CCCCCCCC. The fourth-order valence-corrected chi connectivity index (χ4v) is 7.75. The second kappa shape index (κ2) is 53.2. The monoisotopic (exact) mass is 869 g/mol. The molecule has 0 aliphatic rings. The third kappa shape index (κ3) is 50.5. The van der Waals surface area contributed by atoms with Crippen LogP contribution in [0.25, 0.3) is 0 Å². The maximum atomic E-state index is 12.8. The smallest absolute Gasteiger partial charge is 0.306 e. The zero-order valence-electron chi connectivity index (χ0n) is 41.6. The fourth-order valence-electron chi connectivity index (χ4n) is 7.75. The van der Waals surface area contributed by atoms with Crippen LogP contribution in [-0.4, -0.2) is 37.9 Å². The molecule has 62 heavy (non-hydrogen) atoms. The summed E-state index contributed by atoms with van der Waals surface area (Å²) in [5, 5.41) is 0. The van der Waals surface area contributed by atoms with Gasteiger partial charge in [0.1, 0.15) is 6.61 Å². The summed E-state index contributed by atoms with van der Waals surface area (Å²) in [6, 6.07) is 0. The maximum absolute atomic E-state index is 12.8. The molecule has 0 saturated heterocycles. The van der Waals surface area contributed by atoms with E-state index < -0.39 is 6.10 Å². The number of hydrogen-bond donors (Lipinski definition) is 0. The van der Waals surface area contributed by atoms with E-state index in [4.69, 9.17) is 14.2 Å². The molecular formula is C57H104O5. The fraction of sp³-hybridized carbons (Fsp3) is 0.825. The van der Waals surface area contributed by atoms with Crippen LogP contribution in [-0.2, 0) is 23.8 Å². The van der Waals surface area contributed by atoms with Gasteiger partial charge in [0, 0.05) is 19.4 Å². The molecule has 0 aromatic rings. The molecule has 0 heterocycles. The number of rotatable bonds is 50. The minimum Gasteiger partial charge on any atom is -0.462 e. The minimum absolute atomic E-state index is 0.0690. The normalized spacial score (nSPS) is 12.5. The summed E-state index contributed by atoms with van der Waals surface area (Å²) in [5.41, 5.74) is 0. The van der Waals surface area contributed by atoms with Gasteiger partial charge in [0.15, 0.2) is 6.10 Å². The number of esters is 2. The molecule has 0 aromatic carbocycles. The van der Waals surface area contributed by atoms with Crippen molar-refractivity contribution >= 4 is 11.9 Å². The molecule has 0 aliphatic carbocycles. The van der Waals surface area contributed by atoms with Crippen LogP contribution in [0.3, 0.4) is 0 Å². The molecule has 0 aliphatic heterocycles. The average Bonchev–Trinajstić information content (AvgIpc) is 3.27. The van der Waals surface area contributed by atoms with Crippen molar-refractivity contribution in [3.63, 3.8) is 0 Å². The van der Waals surface area contributed by atoms with E-state index in [1.54, 1.807) is 0 Å². The van der Waals surface area contributed by atoms with Crippen LogP contribution in [0.1, 0.15) is 278 Å². The van der Waals surface area contributed by atoms with Crippen molar-refractivity contribution in [1.29, 1.82) is 0 Å². The molecule has 0 N–H and O–H groups in total. The van der Waals surface area contributed by atoms with Crippen LogP contribution in [0.5, 0.6) is 0 Å². The second-order valence-electron chi connectivity index (χ2n) is 18.1. The van der Waals surface area contributed by atoms with Gasteiger partial charge in [-0.1, -0.05) is 230 Å². The van der Waals surface area contributed by atoms with Gasteiger partial charge in [-0.25, -0.2) is 0 Å². The zero-order chi connectivity index (χ0) is 44.9. The van der Waals surface area contributed by atoms with Gasteiger partial charge in [-0.05, 0) is 83.5 Å². The summed E-state index contributed by atoms with van der Waals surface area (Å²) >= 11 is 0. The van der Waals surface area contributed by atoms with E-state index in [0.717, 1.165) is 70.6 Å². The van der Waals surface area contributed by atoms with E-state index >= 15 is 0 Å². The lowest BCUT2D eigenvalue weighted by atomic mass is 10.0. The molecule has 0 radical (unpaired) electrons. The first-order valence-corrected chi connectivity index (χ1v) is 27.2. The highest BCUT2D eigenvalue weighted by atomic mass is 16.6. The molecule has 0 saturated carbocycles. The van der Waals surface area contributed by atoms with Gasteiger partial charge in [0.05, 0.1) is 6.61 Å². The highest BCUT2D eigenvalue weighted by Crippen LogP contribution is 2.15. The molecule has 0 fully saturated rings. The number of allylic oxidation sites excluding steroid dienone is 8. The Morgan fingerprint density at radius 1 is 0.355 bits per heavy atom. The van der Waals surface area contributed by atoms with Crippen molar-refractivity contribution in [2.75, 3.05) is 19.8 Å². The largest absolute Gasteiger partial charge is 0.462 e. The van der Waals surface area contributed by atoms with Crippen molar-refractivity contribution < 1.29 is 23.8 Å². The summed E-state index contributed by atoms with van der Waals surface area (Å²) in [4.78, 5) is 25.4. The number of hydrogen-bond acceptors (Lipinski definition) is 5. The number of carbonyl (C=O) groups is 2. The summed E-state index contributed by atoms with van der Waals surface area (Å²) in [6.45, 7) is 7.79. The van der Waals surface area contributed by atoms with E-state index in [1.165, 1.54) is 173 Å². The Morgan fingerprint density at radius 2 is 0.677 bits per heavy atom. The quantitative estimate of drug-likeness (QED) is 0.0346. The second-order valence-corrected chi connectivity index (χ2v) is 18.1. The van der Waals surface area contributed by atoms with Crippen molar-refractivity contribution in [1.82, 2.24) is 0 Å². The first kappa shape index (κ1) is 59.9. The third-order valence-electron chi connectivity index (χ3n) is 11.8. The van der Waals surface area contributed by atoms with Crippen molar-refractivity contribution in [3.05, 3.63) is 48.6 Å². The van der Waals surface area contributed by atoms with Crippen LogP contribution in [0.2, 0.25) is 0 Å². The highest BCUT2D eigenvalue weighted by molar-refractivity contribution is 5.70. The molecule has 5 heteroatoms. The van der Waals surface area contributed by atoms with Crippen molar-refractivity contribution in [2.24, 2.45) is 0 Å². The Hall–Kier alpha value is -2.14. The van der Waals surface area contributed by atoms with Crippen LogP contribution in [0, 0.1) is 0 Å². The van der Waals surface area contributed by atoms with Crippen LogP contribution < -0.4 is 0 Å². The predicted octanol–water partition coefficient (Wildman–Crippen LogP) is 18.3. The Kier molecular flexibility index (Phi) is 51.4. The van der Waals surface area contributed by atoms with Gasteiger partial charge < -0.3 is 14.2 Å². The Balaban J connectivity index is 4.31. The van der Waals surface area contributed by atoms with E-state index in [2.05, 4.69) is 69.4 Å². The van der Waals surface area contributed by atoms with E-state index in [9.17, 15) is 9.59 Å². The van der Waals surface area contributed by atoms with Gasteiger partial charge >= 0.3 is 11.9 Å². The molecule has 0 spiro atoms. The lowest BCUT2D eigenvalue weighted by molar-refractivity contribution is -0.163. The molecule has 0 rings (SSSR count). The molecular weight excluding hydrogens is 765 g/mol. The molecule has 0 bridgehead atoms. The zero-order valence-corrected chi connectivity index (χ0v) is 41.6. The van der Waals surface area contributed by atoms with Gasteiger partial charge in [-0.2, -0.15) is 0 Å². The highest BCUT2D eigenvalue weighted by Gasteiger charge is 2.17. The molecule has 5 nitrogen and oxygen atoms in total. The lowest BCUT2D eigenvalue weighted by Gasteiger charge is -2.18. The summed E-state index contributed by atoms with van der Waals surface area (Å²) < 4.78 is 17.4. The van der Waals surface area contributed by atoms with E-state index in [1.807, 2.05) is 0 Å². The molecule has 0 unspecified atom stereocenters. The first-order valence-electron chi connectivity index (χ1n) is 27.2. The van der Waals surface area contributed by atoms with Gasteiger partial charge in [0.25, 0.3) is 0 Å².